The van der Waals surface area contributed by atoms with Gasteiger partial charge in [0.15, 0.2) is 0 Å². The molecule has 0 bridgehead atoms. The number of rotatable bonds is 5. The number of nitrogens with zero attached hydrogens (tertiary/aromatic N) is 3. The number of aromatic nitrogens is 3. The van der Waals surface area contributed by atoms with Crippen LogP contribution in [-0.4, -0.2) is 33.3 Å². The lowest BCUT2D eigenvalue weighted by Crippen LogP contribution is -2.04. The van der Waals surface area contributed by atoms with Crippen LogP contribution >= 0.6 is 0 Å². The Morgan fingerprint density at radius 1 is 1.37 bits per heavy atom. The summed E-state index contributed by atoms with van der Waals surface area (Å²) in [5.74, 6) is 0.536. The standard InChI is InChI=1S/C12H13N3O4/c1-7-5-9(15-19-7)8-6-11(18-2)14-10(13-8)3-4-12(16)17/h5-6H,3-4H2,1-2H3,(H,16,17). The number of hydrogen-bond acceptors (Lipinski definition) is 6. The lowest BCUT2D eigenvalue weighted by atomic mass is 10.2. The topological polar surface area (TPSA) is 98.3 Å². The first-order valence-electron chi connectivity index (χ1n) is 5.66. The van der Waals surface area contributed by atoms with Crippen molar-refractivity contribution >= 4 is 5.97 Å². The van der Waals surface area contributed by atoms with E-state index in [4.69, 9.17) is 14.4 Å². The average molecular weight is 263 g/mol. The van der Waals surface area contributed by atoms with Gasteiger partial charge in [-0.3, -0.25) is 4.79 Å². The van der Waals surface area contributed by atoms with Crippen LogP contribution in [0.25, 0.3) is 11.4 Å². The zero-order valence-electron chi connectivity index (χ0n) is 10.6. The van der Waals surface area contributed by atoms with Crippen LogP contribution in [0.3, 0.4) is 0 Å². The Bertz CT molecular complexity index is 594. The van der Waals surface area contributed by atoms with Gasteiger partial charge in [-0.05, 0) is 6.92 Å². The minimum absolute atomic E-state index is 0.0373. The van der Waals surface area contributed by atoms with Crippen LogP contribution in [-0.2, 0) is 11.2 Å². The maximum Gasteiger partial charge on any atom is 0.303 e. The molecule has 100 valence electrons. The second kappa shape index (κ2) is 5.47. The van der Waals surface area contributed by atoms with Gasteiger partial charge in [0, 0.05) is 18.6 Å². The second-order valence-electron chi connectivity index (χ2n) is 3.93. The molecule has 0 saturated carbocycles. The van der Waals surface area contributed by atoms with Crippen LogP contribution in [0.4, 0.5) is 0 Å². The van der Waals surface area contributed by atoms with Gasteiger partial charge in [0.05, 0.1) is 19.2 Å². The highest BCUT2D eigenvalue weighted by molar-refractivity contribution is 5.67. The van der Waals surface area contributed by atoms with Crippen molar-refractivity contribution in [2.75, 3.05) is 7.11 Å². The van der Waals surface area contributed by atoms with Crippen LogP contribution in [0.5, 0.6) is 5.88 Å². The molecular weight excluding hydrogens is 250 g/mol. The molecule has 2 aromatic rings. The quantitative estimate of drug-likeness (QED) is 0.871. The summed E-state index contributed by atoms with van der Waals surface area (Å²) in [5.41, 5.74) is 1.11. The van der Waals surface area contributed by atoms with Gasteiger partial charge in [0.1, 0.15) is 17.3 Å². The molecular formula is C12H13N3O4. The zero-order chi connectivity index (χ0) is 13.8. The monoisotopic (exact) mass is 263 g/mol. The lowest BCUT2D eigenvalue weighted by Gasteiger charge is -2.04. The smallest absolute Gasteiger partial charge is 0.303 e. The number of carbonyl (C=O) groups is 1. The molecule has 0 unspecified atom stereocenters. The molecule has 2 rings (SSSR count). The van der Waals surface area contributed by atoms with Gasteiger partial charge in [0.25, 0.3) is 0 Å². The van der Waals surface area contributed by atoms with E-state index in [1.807, 2.05) is 0 Å². The summed E-state index contributed by atoms with van der Waals surface area (Å²) in [4.78, 5) is 18.9. The normalized spacial score (nSPS) is 10.4. The molecule has 2 heterocycles. The molecule has 0 fully saturated rings. The molecule has 7 nitrogen and oxygen atoms in total. The number of aryl methyl sites for hydroxylation is 2. The van der Waals surface area contributed by atoms with E-state index in [-0.39, 0.29) is 12.8 Å². The van der Waals surface area contributed by atoms with Crippen molar-refractivity contribution in [3.05, 3.63) is 23.7 Å². The van der Waals surface area contributed by atoms with Crippen LogP contribution in [0.2, 0.25) is 0 Å². The SMILES string of the molecule is COc1cc(-c2cc(C)on2)nc(CCC(=O)O)n1. The average Bonchev–Trinajstić information content (AvgIpc) is 2.82. The Kier molecular flexibility index (Phi) is 3.74. The number of aliphatic carboxylic acids is 1. The summed E-state index contributed by atoms with van der Waals surface area (Å²) < 4.78 is 10.1. The molecule has 0 aliphatic carbocycles. The van der Waals surface area contributed by atoms with E-state index < -0.39 is 5.97 Å². The number of carboxylic acids is 1. The van der Waals surface area contributed by atoms with Crippen LogP contribution in [0, 0.1) is 6.92 Å². The third-order valence-electron chi connectivity index (χ3n) is 2.41. The number of methoxy groups -OCH3 is 1. The van der Waals surface area contributed by atoms with Crippen molar-refractivity contribution < 1.29 is 19.2 Å². The Morgan fingerprint density at radius 2 is 2.16 bits per heavy atom. The molecule has 19 heavy (non-hydrogen) atoms. The highest BCUT2D eigenvalue weighted by atomic mass is 16.5. The molecule has 1 N–H and O–H groups in total. The predicted molar refractivity (Wildman–Crippen MR) is 64.8 cm³/mol. The van der Waals surface area contributed by atoms with Crippen molar-refractivity contribution in [3.8, 4) is 17.3 Å². The van der Waals surface area contributed by atoms with Gasteiger partial charge >= 0.3 is 5.97 Å². The fourth-order valence-corrected chi connectivity index (χ4v) is 1.53. The van der Waals surface area contributed by atoms with E-state index in [1.165, 1.54) is 7.11 Å². The molecule has 0 aliphatic rings. The van der Waals surface area contributed by atoms with Gasteiger partial charge in [-0.25, -0.2) is 4.98 Å². The molecule has 0 atom stereocenters. The van der Waals surface area contributed by atoms with Gasteiger partial charge in [-0.15, -0.1) is 0 Å². The molecule has 2 aromatic heterocycles. The Balaban J connectivity index is 2.32. The molecule has 0 saturated heterocycles. The van der Waals surface area contributed by atoms with Gasteiger partial charge < -0.3 is 14.4 Å². The number of ether oxygens (including phenoxy) is 1. The first-order chi connectivity index (χ1) is 9.08. The van der Waals surface area contributed by atoms with E-state index >= 15 is 0 Å². The maximum absolute atomic E-state index is 10.6. The molecule has 0 aliphatic heterocycles. The summed E-state index contributed by atoms with van der Waals surface area (Å²) in [7, 11) is 1.49. The molecule has 0 spiro atoms. The van der Waals surface area contributed by atoms with Crippen LogP contribution in [0.15, 0.2) is 16.7 Å². The van der Waals surface area contributed by atoms with Crippen molar-refractivity contribution in [2.24, 2.45) is 0 Å². The molecule has 0 amide bonds. The summed E-state index contributed by atoms with van der Waals surface area (Å²) in [5, 5.41) is 12.5. The van der Waals surface area contributed by atoms with E-state index in [9.17, 15) is 4.79 Å². The van der Waals surface area contributed by atoms with Gasteiger partial charge in [-0.2, -0.15) is 4.98 Å². The van der Waals surface area contributed by atoms with E-state index in [1.54, 1.807) is 19.1 Å². The van der Waals surface area contributed by atoms with Crippen molar-refractivity contribution in [1.29, 1.82) is 0 Å². The lowest BCUT2D eigenvalue weighted by molar-refractivity contribution is -0.137. The Morgan fingerprint density at radius 3 is 2.74 bits per heavy atom. The molecule has 0 radical (unpaired) electrons. The third kappa shape index (κ3) is 3.27. The van der Waals surface area contributed by atoms with Crippen LogP contribution < -0.4 is 4.74 Å². The van der Waals surface area contributed by atoms with Crippen molar-refractivity contribution in [2.45, 2.75) is 19.8 Å². The van der Waals surface area contributed by atoms with Crippen LogP contribution in [0.1, 0.15) is 18.0 Å². The first-order valence-corrected chi connectivity index (χ1v) is 5.66. The van der Waals surface area contributed by atoms with Gasteiger partial charge in [-0.1, -0.05) is 5.16 Å². The molecule has 7 heteroatoms. The summed E-state index contributed by atoms with van der Waals surface area (Å²) in [6, 6.07) is 3.37. The fraction of sp³-hybridized carbons (Fsp3) is 0.333. The second-order valence-corrected chi connectivity index (χ2v) is 3.93. The third-order valence-corrected chi connectivity index (χ3v) is 2.41. The number of carboxylic acid groups (broad SMARTS) is 1. The summed E-state index contributed by atoms with van der Waals surface area (Å²) >= 11 is 0. The highest BCUT2D eigenvalue weighted by Crippen LogP contribution is 2.20. The highest BCUT2D eigenvalue weighted by Gasteiger charge is 2.11. The van der Waals surface area contributed by atoms with Crippen molar-refractivity contribution in [3.63, 3.8) is 0 Å². The molecule has 0 aromatic carbocycles. The Labute approximate surface area is 109 Å². The minimum Gasteiger partial charge on any atom is -0.481 e. The number of hydrogen-bond donors (Lipinski definition) is 1. The minimum atomic E-state index is -0.898. The fourth-order valence-electron chi connectivity index (χ4n) is 1.53. The maximum atomic E-state index is 10.6. The van der Waals surface area contributed by atoms with Gasteiger partial charge in [0.2, 0.25) is 5.88 Å². The van der Waals surface area contributed by atoms with E-state index in [2.05, 4.69) is 15.1 Å². The predicted octanol–water partition coefficient (Wildman–Crippen LogP) is 1.47. The summed E-state index contributed by atoms with van der Waals surface area (Å²) in [6.07, 6.45) is 0.195. The zero-order valence-corrected chi connectivity index (χ0v) is 10.6. The largest absolute Gasteiger partial charge is 0.481 e. The van der Waals surface area contributed by atoms with Crippen molar-refractivity contribution in [1.82, 2.24) is 15.1 Å². The van der Waals surface area contributed by atoms with E-state index in [0.29, 0.717) is 28.9 Å². The first kappa shape index (κ1) is 13.0. The van der Waals surface area contributed by atoms with E-state index in [0.717, 1.165) is 0 Å². The Hall–Kier alpha value is -2.44. The summed E-state index contributed by atoms with van der Waals surface area (Å²) in [6.45, 7) is 1.78.